The van der Waals surface area contributed by atoms with Crippen molar-refractivity contribution in [2.75, 3.05) is 50.5 Å². The van der Waals surface area contributed by atoms with E-state index in [-0.39, 0.29) is 18.3 Å². The van der Waals surface area contributed by atoms with Crippen LogP contribution in [-0.4, -0.2) is 62.4 Å². The summed E-state index contributed by atoms with van der Waals surface area (Å²) in [6.07, 6.45) is 0. The minimum atomic E-state index is -0.430. The van der Waals surface area contributed by atoms with Crippen LogP contribution >= 0.6 is 23.4 Å². The lowest BCUT2D eigenvalue weighted by Crippen LogP contribution is -2.49. The molecule has 6 nitrogen and oxygen atoms in total. The summed E-state index contributed by atoms with van der Waals surface area (Å²) in [5, 5.41) is 0.594. The van der Waals surface area contributed by atoms with E-state index < -0.39 is 5.97 Å². The lowest BCUT2D eigenvalue weighted by Gasteiger charge is -2.36. The molecule has 0 atom stereocenters. The number of methoxy groups -OCH3 is 1. The van der Waals surface area contributed by atoms with Gasteiger partial charge in [0.15, 0.2) is 6.61 Å². The lowest BCUT2D eigenvalue weighted by atomic mass is 10.2. The number of carbonyl (C=O) groups excluding carboxylic acids is 2. The number of rotatable bonds is 7. The number of piperazine rings is 1. The molecule has 0 spiro atoms. The highest BCUT2D eigenvalue weighted by Gasteiger charge is 2.22. The van der Waals surface area contributed by atoms with Crippen LogP contribution in [0.4, 0.5) is 5.69 Å². The van der Waals surface area contributed by atoms with Gasteiger partial charge in [0.25, 0.3) is 5.91 Å². The molecule has 8 heteroatoms. The number of halogens is 1. The molecule has 0 aromatic heterocycles. The van der Waals surface area contributed by atoms with Crippen LogP contribution in [0, 0.1) is 0 Å². The molecule has 1 heterocycles. The standard InChI is InChI=1S/C21H23ClN2O4S/c1-27-17-8-6-16(7-9-17)23-10-12-24(13-11-23)20(25)14-28-21(26)15-29-19-5-3-2-4-18(19)22/h2-9H,10-15H2,1H3. The molecule has 1 aliphatic rings. The second-order valence-corrected chi connectivity index (χ2v) is 7.87. The van der Waals surface area contributed by atoms with Gasteiger partial charge in [0, 0.05) is 36.8 Å². The fraction of sp³-hybridized carbons (Fsp3) is 0.333. The molecule has 0 radical (unpaired) electrons. The summed E-state index contributed by atoms with van der Waals surface area (Å²) in [6.45, 7) is 2.42. The highest BCUT2D eigenvalue weighted by Crippen LogP contribution is 2.26. The van der Waals surface area contributed by atoms with Crippen molar-refractivity contribution in [3.63, 3.8) is 0 Å². The summed E-state index contributed by atoms with van der Waals surface area (Å²) in [5.74, 6) is 0.329. The third-order valence-electron chi connectivity index (χ3n) is 4.61. The number of hydrogen-bond acceptors (Lipinski definition) is 6. The molecule has 0 N–H and O–H groups in total. The first kappa shape index (κ1) is 21.3. The Hall–Kier alpha value is -2.38. The maximum absolute atomic E-state index is 12.3. The fourth-order valence-electron chi connectivity index (χ4n) is 2.98. The smallest absolute Gasteiger partial charge is 0.316 e. The minimum absolute atomic E-state index is 0.113. The zero-order chi connectivity index (χ0) is 20.6. The molecule has 29 heavy (non-hydrogen) atoms. The predicted octanol–water partition coefficient (Wildman–Crippen LogP) is 3.33. The largest absolute Gasteiger partial charge is 0.497 e. The first-order valence-corrected chi connectivity index (χ1v) is 10.6. The molecular weight excluding hydrogens is 412 g/mol. The number of hydrogen-bond donors (Lipinski definition) is 0. The number of ether oxygens (including phenoxy) is 2. The van der Waals surface area contributed by atoms with Crippen molar-refractivity contribution in [3.8, 4) is 5.75 Å². The third-order valence-corrected chi connectivity index (χ3v) is 6.10. The van der Waals surface area contributed by atoms with Gasteiger partial charge in [-0.25, -0.2) is 0 Å². The number of anilines is 1. The second-order valence-electron chi connectivity index (χ2n) is 6.45. The summed E-state index contributed by atoms with van der Waals surface area (Å²) < 4.78 is 10.3. The van der Waals surface area contributed by atoms with Gasteiger partial charge in [-0.3, -0.25) is 9.59 Å². The van der Waals surface area contributed by atoms with Gasteiger partial charge in [-0.2, -0.15) is 0 Å². The molecule has 2 aromatic rings. The Balaban J connectivity index is 1.39. The van der Waals surface area contributed by atoms with Crippen LogP contribution in [-0.2, 0) is 14.3 Å². The average Bonchev–Trinajstić information content (AvgIpc) is 2.77. The topological polar surface area (TPSA) is 59.1 Å². The Morgan fingerprint density at radius 1 is 1.03 bits per heavy atom. The van der Waals surface area contributed by atoms with E-state index in [1.54, 1.807) is 18.1 Å². The first-order valence-electron chi connectivity index (χ1n) is 9.26. The molecule has 0 unspecified atom stereocenters. The number of benzene rings is 2. The van der Waals surface area contributed by atoms with E-state index in [0.717, 1.165) is 29.4 Å². The number of esters is 1. The Kier molecular flexibility index (Phi) is 7.66. The van der Waals surface area contributed by atoms with Crippen LogP contribution in [0.1, 0.15) is 0 Å². The lowest BCUT2D eigenvalue weighted by molar-refractivity contribution is -0.150. The van der Waals surface area contributed by atoms with Crippen molar-refractivity contribution >= 4 is 40.9 Å². The van der Waals surface area contributed by atoms with Gasteiger partial charge in [-0.05, 0) is 36.4 Å². The van der Waals surface area contributed by atoms with E-state index >= 15 is 0 Å². The number of thioether (sulfide) groups is 1. The summed E-state index contributed by atoms with van der Waals surface area (Å²) in [5.41, 5.74) is 1.10. The maximum atomic E-state index is 12.3. The van der Waals surface area contributed by atoms with E-state index in [0.29, 0.717) is 18.1 Å². The Morgan fingerprint density at radius 2 is 1.72 bits per heavy atom. The minimum Gasteiger partial charge on any atom is -0.497 e. The average molecular weight is 435 g/mol. The van der Waals surface area contributed by atoms with E-state index in [1.807, 2.05) is 42.5 Å². The molecule has 1 aliphatic heterocycles. The van der Waals surface area contributed by atoms with Gasteiger partial charge in [0.1, 0.15) is 5.75 Å². The van der Waals surface area contributed by atoms with Crippen LogP contribution in [0.15, 0.2) is 53.4 Å². The van der Waals surface area contributed by atoms with Crippen LogP contribution in [0.25, 0.3) is 0 Å². The van der Waals surface area contributed by atoms with E-state index in [1.165, 1.54) is 11.8 Å². The molecule has 1 amide bonds. The maximum Gasteiger partial charge on any atom is 0.316 e. The third kappa shape index (κ3) is 6.05. The van der Waals surface area contributed by atoms with Crippen molar-refractivity contribution in [1.29, 1.82) is 0 Å². The highest BCUT2D eigenvalue weighted by molar-refractivity contribution is 8.00. The van der Waals surface area contributed by atoms with Crippen molar-refractivity contribution in [2.45, 2.75) is 4.90 Å². The molecule has 1 saturated heterocycles. The van der Waals surface area contributed by atoms with Crippen LogP contribution in [0.5, 0.6) is 5.75 Å². The van der Waals surface area contributed by atoms with Gasteiger partial charge in [0.2, 0.25) is 0 Å². The van der Waals surface area contributed by atoms with Crippen LogP contribution in [0.2, 0.25) is 5.02 Å². The first-order chi connectivity index (χ1) is 14.1. The molecule has 0 saturated carbocycles. The quantitative estimate of drug-likeness (QED) is 0.492. The van der Waals surface area contributed by atoms with E-state index in [4.69, 9.17) is 21.1 Å². The zero-order valence-corrected chi connectivity index (χ0v) is 17.7. The van der Waals surface area contributed by atoms with Crippen molar-refractivity contribution in [1.82, 2.24) is 4.90 Å². The molecular formula is C21H23ClN2O4S. The molecule has 2 aromatic carbocycles. The summed E-state index contributed by atoms with van der Waals surface area (Å²) in [6, 6.07) is 15.2. The predicted molar refractivity (Wildman–Crippen MR) is 115 cm³/mol. The van der Waals surface area contributed by atoms with Crippen LogP contribution < -0.4 is 9.64 Å². The van der Waals surface area contributed by atoms with E-state index in [2.05, 4.69) is 4.90 Å². The van der Waals surface area contributed by atoms with Crippen molar-refractivity contribution < 1.29 is 19.1 Å². The van der Waals surface area contributed by atoms with Gasteiger partial charge < -0.3 is 19.3 Å². The number of amides is 1. The van der Waals surface area contributed by atoms with Crippen LogP contribution in [0.3, 0.4) is 0 Å². The van der Waals surface area contributed by atoms with E-state index in [9.17, 15) is 9.59 Å². The summed E-state index contributed by atoms with van der Waals surface area (Å²) in [7, 11) is 1.64. The molecule has 1 fully saturated rings. The number of carbonyl (C=O) groups is 2. The van der Waals surface area contributed by atoms with Gasteiger partial charge in [0.05, 0.1) is 17.9 Å². The molecule has 0 bridgehead atoms. The SMILES string of the molecule is COc1ccc(N2CCN(C(=O)COC(=O)CSc3ccccc3Cl)CC2)cc1. The Morgan fingerprint density at radius 3 is 2.38 bits per heavy atom. The Bertz CT molecular complexity index is 839. The fourth-order valence-corrected chi connectivity index (χ4v) is 4.02. The van der Waals surface area contributed by atoms with Gasteiger partial charge in [-0.15, -0.1) is 11.8 Å². The number of nitrogens with zero attached hydrogens (tertiary/aromatic N) is 2. The second kappa shape index (κ2) is 10.4. The monoisotopic (exact) mass is 434 g/mol. The van der Waals surface area contributed by atoms with Gasteiger partial charge in [-0.1, -0.05) is 23.7 Å². The van der Waals surface area contributed by atoms with Crippen molar-refractivity contribution in [3.05, 3.63) is 53.6 Å². The highest BCUT2D eigenvalue weighted by atomic mass is 35.5. The molecule has 0 aliphatic carbocycles. The van der Waals surface area contributed by atoms with Gasteiger partial charge >= 0.3 is 5.97 Å². The van der Waals surface area contributed by atoms with Crippen molar-refractivity contribution in [2.24, 2.45) is 0 Å². The normalized spacial score (nSPS) is 13.9. The molecule has 3 rings (SSSR count). The summed E-state index contributed by atoms with van der Waals surface area (Å²) >= 11 is 7.36. The molecule has 154 valence electrons. The zero-order valence-electron chi connectivity index (χ0n) is 16.2. The summed E-state index contributed by atoms with van der Waals surface area (Å²) in [4.78, 5) is 29.0. The Labute approximate surface area is 179 Å².